The topological polar surface area (TPSA) is 50.2 Å². The molecule has 0 atom stereocenters. The Hall–Kier alpha value is -1.66. The Bertz CT molecular complexity index is 699. The minimum Gasteiger partial charge on any atom is -0.346 e. The molecule has 0 radical (unpaired) electrons. The summed E-state index contributed by atoms with van der Waals surface area (Å²) >= 11 is 1.55. The Labute approximate surface area is 147 Å². The SMILES string of the molecule is CCCN1CCCn2nc(CNC(=O)c3cc(C)c(C)s3)cc2C1. The van der Waals surface area contributed by atoms with Crippen LogP contribution >= 0.6 is 11.3 Å². The Kier molecular flexibility index (Phi) is 5.36. The molecule has 1 amide bonds. The van der Waals surface area contributed by atoms with E-state index in [0.717, 1.165) is 43.2 Å². The molecule has 0 saturated carbocycles. The van der Waals surface area contributed by atoms with Gasteiger partial charge in [0.25, 0.3) is 5.91 Å². The fourth-order valence-corrected chi connectivity index (χ4v) is 4.07. The van der Waals surface area contributed by atoms with Gasteiger partial charge in [-0.05, 0) is 50.9 Å². The third kappa shape index (κ3) is 3.87. The van der Waals surface area contributed by atoms with Gasteiger partial charge in [0.05, 0.1) is 22.8 Å². The minimum atomic E-state index is -0.00740. The van der Waals surface area contributed by atoms with Crippen LogP contribution in [0.1, 0.15) is 51.3 Å². The summed E-state index contributed by atoms with van der Waals surface area (Å²) in [7, 11) is 0. The standard InChI is InChI=1S/C18H26N4OS/c1-4-6-21-7-5-8-22-16(12-21)10-15(20-22)11-19-18(23)17-9-13(2)14(3)24-17/h9-10H,4-8,11-12H2,1-3H3,(H,19,23). The maximum atomic E-state index is 12.3. The van der Waals surface area contributed by atoms with Crippen LogP contribution in [0, 0.1) is 13.8 Å². The van der Waals surface area contributed by atoms with Crippen molar-refractivity contribution >= 4 is 17.2 Å². The molecule has 0 unspecified atom stereocenters. The second kappa shape index (κ2) is 7.49. The van der Waals surface area contributed by atoms with Gasteiger partial charge in [-0.1, -0.05) is 6.92 Å². The highest BCUT2D eigenvalue weighted by molar-refractivity contribution is 7.14. The second-order valence-corrected chi connectivity index (χ2v) is 7.77. The summed E-state index contributed by atoms with van der Waals surface area (Å²) in [5.74, 6) is -0.00740. The molecule has 1 aliphatic rings. The number of nitrogens with zero attached hydrogens (tertiary/aromatic N) is 3. The Balaban J connectivity index is 1.62. The van der Waals surface area contributed by atoms with E-state index in [-0.39, 0.29) is 5.91 Å². The molecule has 0 saturated heterocycles. The lowest BCUT2D eigenvalue weighted by Gasteiger charge is -2.17. The number of hydrogen-bond acceptors (Lipinski definition) is 4. The molecule has 24 heavy (non-hydrogen) atoms. The third-order valence-corrected chi connectivity index (χ3v) is 5.65. The number of thiophene rings is 1. The second-order valence-electron chi connectivity index (χ2n) is 6.51. The van der Waals surface area contributed by atoms with E-state index in [2.05, 4.69) is 33.0 Å². The lowest BCUT2D eigenvalue weighted by Crippen LogP contribution is -2.24. The molecule has 130 valence electrons. The Morgan fingerprint density at radius 3 is 2.88 bits per heavy atom. The van der Waals surface area contributed by atoms with Crippen LogP contribution in [0.15, 0.2) is 12.1 Å². The molecule has 2 aromatic heterocycles. The van der Waals surface area contributed by atoms with E-state index >= 15 is 0 Å². The van der Waals surface area contributed by atoms with Gasteiger partial charge in [0.15, 0.2) is 0 Å². The summed E-state index contributed by atoms with van der Waals surface area (Å²) in [5, 5.41) is 7.67. The van der Waals surface area contributed by atoms with Crippen LogP contribution in [-0.4, -0.2) is 33.7 Å². The summed E-state index contributed by atoms with van der Waals surface area (Å²) in [6.07, 6.45) is 2.31. The first-order valence-corrected chi connectivity index (χ1v) is 9.51. The maximum Gasteiger partial charge on any atom is 0.261 e. The van der Waals surface area contributed by atoms with Crippen LogP contribution in [0.5, 0.6) is 0 Å². The normalized spacial score (nSPS) is 15.1. The van der Waals surface area contributed by atoms with Crippen molar-refractivity contribution in [3.63, 3.8) is 0 Å². The zero-order chi connectivity index (χ0) is 17.1. The average Bonchev–Trinajstić information content (AvgIpc) is 3.03. The number of carbonyl (C=O) groups is 1. The van der Waals surface area contributed by atoms with E-state index in [1.54, 1.807) is 11.3 Å². The van der Waals surface area contributed by atoms with Crippen LogP contribution in [0.3, 0.4) is 0 Å². The zero-order valence-corrected chi connectivity index (χ0v) is 15.6. The van der Waals surface area contributed by atoms with Crippen LogP contribution in [-0.2, 0) is 19.6 Å². The van der Waals surface area contributed by atoms with E-state index in [4.69, 9.17) is 0 Å². The van der Waals surface area contributed by atoms with Crippen molar-refractivity contribution in [2.24, 2.45) is 0 Å². The summed E-state index contributed by atoms with van der Waals surface area (Å²) in [6, 6.07) is 4.10. The number of hydrogen-bond donors (Lipinski definition) is 1. The lowest BCUT2D eigenvalue weighted by atomic mass is 10.3. The first-order valence-electron chi connectivity index (χ1n) is 8.70. The number of rotatable bonds is 5. The highest BCUT2D eigenvalue weighted by Gasteiger charge is 2.17. The summed E-state index contributed by atoms with van der Waals surface area (Å²) in [5.41, 5.74) is 3.38. The van der Waals surface area contributed by atoms with Crippen molar-refractivity contribution in [1.82, 2.24) is 20.0 Å². The third-order valence-electron chi connectivity index (χ3n) is 4.50. The molecule has 0 aromatic carbocycles. The number of amides is 1. The van der Waals surface area contributed by atoms with Gasteiger partial charge in [0.1, 0.15) is 0 Å². The van der Waals surface area contributed by atoms with Crippen LogP contribution in [0.2, 0.25) is 0 Å². The number of fused-ring (bicyclic) bond motifs is 1. The van der Waals surface area contributed by atoms with Gasteiger partial charge in [-0.25, -0.2) is 0 Å². The fraction of sp³-hybridized carbons (Fsp3) is 0.556. The van der Waals surface area contributed by atoms with Crippen LogP contribution in [0.25, 0.3) is 0 Å². The van der Waals surface area contributed by atoms with Gasteiger partial charge in [0, 0.05) is 24.5 Å². The molecule has 1 N–H and O–H groups in total. The average molecular weight is 347 g/mol. The quantitative estimate of drug-likeness (QED) is 0.905. The van der Waals surface area contributed by atoms with Crippen molar-refractivity contribution < 1.29 is 4.79 Å². The highest BCUT2D eigenvalue weighted by atomic mass is 32.1. The van der Waals surface area contributed by atoms with Crippen molar-refractivity contribution in [2.75, 3.05) is 13.1 Å². The predicted octanol–water partition coefficient (Wildman–Crippen LogP) is 3.11. The van der Waals surface area contributed by atoms with E-state index in [1.165, 1.54) is 22.6 Å². The molecular formula is C18H26N4OS. The first-order chi connectivity index (χ1) is 11.6. The Morgan fingerprint density at radius 1 is 1.33 bits per heavy atom. The molecule has 3 rings (SSSR count). The predicted molar refractivity (Wildman–Crippen MR) is 97.4 cm³/mol. The molecule has 0 fully saturated rings. The number of aryl methyl sites for hydroxylation is 3. The summed E-state index contributed by atoms with van der Waals surface area (Å²) in [4.78, 5) is 16.7. The summed E-state index contributed by atoms with van der Waals surface area (Å²) in [6.45, 7) is 11.0. The molecule has 0 bridgehead atoms. The van der Waals surface area contributed by atoms with Gasteiger partial charge >= 0.3 is 0 Å². The Morgan fingerprint density at radius 2 is 2.17 bits per heavy atom. The lowest BCUT2D eigenvalue weighted by molar-refractivity contribution is 0.0954. The highest BCUT2D eigenvalue weighted by Crippen LogP contribution is 2.20. The minimum absolute atomic E-state index is 0.00740. The molecule has 0 spiro atoms. The van der Waals surface area contributed by atoms with Gasteiger partial charge < -0.3 is 5.32 Å². The van der Waals surface area contributed by atoms with Gasteiger partial charge in [0.2, 0.25) is 0 Å². The van der Waals surface area contributed by atoms with Crippen molar-refractivity contribution in [2.45, 2.75) is 53.2 Å². The maximum absolute atomic E-state index is 12.3. The molecule has 5 nitrogen and oxygen atoms in total. The van der Waals surface area contributed by atoms with E-state index in [9.17, 15) is 4.79 Å². The fourth-order valence-electron chi connectivity index (χ4n) is 3.12. The van der Waals surface area contributed by atoms with E-state index < -0.39 is 0 Å². The first kappa shape index (κ1) is 17.2. The number of aromatic nitrogens is 2. The van der Waals surface area contributed by atoms with E-state index in [1.807, 2.05) is 19.9 Å². The smallest absolute Gasteiger partial charge is 0.261 e. The molecule has 2 aromatic rings. The van der Waals surface area contributed by atoms with Crippen molar-refractivity contribution in [3.05, 3.63) is 38.8 Å². The molecule has 6 heteroatoms. The van der Waals surface area contributed by atoms with E-state index in [0.29, 0.717) is 6.54 Å². The zero-order valence-electron chi connectivity index (χ0n) is 14.8. The van der Waals surface area contributed by atoms with Crippen molar-refractivity contribution in [3.8, 4) is 0 Å². The molecule has 3 heterocycles. The monoisotopic (exact) mass is 346 g/mol. The van der Waals surface area contributed by atoms with Gasteiger partial charge in [-0.2, -0.15) is 5.10 Å². The largest absolute Gasteiger partial charge is 0.346 e. The molecule has 1 aliphatic heterocycles. The molecule has 0 aliphatic carbocycles. The molecular weight excluding hydrogens is 320 g/mol. The number of nitrogens with one attached hydrogen (secondary N) is 1. The van der Waals surface area contributed by atoms with Crippen LogP contribution < -0.4 is 5.32 Å². The number of carbonyl (C=O) groups excluding carboxylic acids is 1. The van der Waals surface area contributed by atoms with Gasteiger partial charge in [-0.3, -0.25) is 14.4 Å². The van der Waals surface area contributed by atoms with Gasteiger partial charge in [-0.15, -0.1) is 11.3 Å². The van der Waals surface area contributed by atoms with Crippen molar-refractivity contribution in [1.29, 1.82) is 0 Å². The summed E-state index contributed by atoms with van der Waals surface area (Å²) < 4.78 is 2.11. The van der Waals surface area contributed by atoms with Crippen LogP contribution in [0.4, 0.5) is 0 Å².